The predicted octanol–water partition coefficient (Wildman–Crippen LogP) is 2.72. The minimum absolute atomic E-state index is 0.429. The number of rotatable bonds is 4. The minimum Gasteiger partial charge on any atom is -0.372 e. The van der Waals surface area contributed by atoms with Crippen molar-refractivity contribution in [2.75, 3.05) is 30.8 Å². The highest BCUT2D eigenvalue weighted by Gasteiger charge is 2.31. The number of anilines is 2. The molecule has 24 heavy (non-hydrogen) atoms. The summed E-state index contributed by atoms with van der Waals surface area (Å²) in [5.74, 6) is 1.53. The van der Waals surface area contributed by atoms with Crippen LogP contribution in [0.4, 0.5) is 11.8 Å². The molecule has 0 bridgehead atoms. The van der Waals surface area contributed by atoms with E-state index in [9.17, 15) is 0 Å². The molecule has 6 nitrogen and oxygen atoms in total. The lowest BCUT2D eigenvalue weighted by molar-refractivity contribution is 0.158. The molecule has 128 valence electrons. The number of nitrogens with zero attached hydrogens (tertiary/aromatic N) is 4. The van der Waals surface area contributed by atoms with E-state index in [4.69, 9.17) is 0 Å². The first-order valence-electron chi connectivity index (χ1n) is 8.98. The number of fused-ring (bicyclic) bond motifs is 1. The second-order valence-electron chi connectivity index (χ2n) is 7.13. The van der Waals surface area contributed by atoms with Gasteiger partial charge in [-0.25, -0.2) is 4.98 Å². The van der Waals surface area contributed by atoms with Gasteiger partial charge in [0.05, 0.1) is 5.39 Å². The van der Waals surface area contributed by atoms with Crippen LogP contribution in [0, 0.1) is 13.8 Å². The zero-order chi connectivity index (χ0) is 16.7. The highest BCUT2D eigenvalue weighted by Crippen LogP contribution is 2.29. The van der Waals surface area contributed by atoms with E-state index in [1.54, 1.807) is 0 Å². The smallest absolute Gasteiger partial charge is 0.226 e. The van der Waals surface area contributed by atoms with Gasteiger partial charge < -0.3 is 10.6 Å². The molecule has 2 N–H and O–H groups in total. The molecule has 1 unspecified atom stereocenters. The molecule has 1 aliphatic heterocycles. The topological polar surface area (TPSA) is 66.0 Å². The summed E-state index contributed by atoms with van der Waals surface area (Å²) in [4.78, 5) is 16.6. The van der Waals surface area contributed by atoms with Crippen molar-refractivity contribution in [1.82, 2.24) is 19.9 Å². The quantitative estimate of drug-likeness (QED) is 0.900. The van der Waals surface area contributed by atoms with Crippen LogP contribution in [0.2, 0.25) is 0 Å². The van der Waals surface area contributed by atoms with Gasteiger partial charge in [0.1, 0.15) is 5.82 Å². The molecule has 6 heteroatoms. The van der Waals surface area contributed by atoms with Gasteiger partial charge >= 0.3 is 0 Å². The fraction of sp³-hybridized carbons (Fsp3) is 0.611. The molecule has 1 saturated heterocycles. The van der Waals surface area contributed by atoms with Crippen molar-refractivity contribution >= 4 is 22.8 Å². The normalized spacial score (nSPS) is 21.9. The third kappa shape index (κ3) is 2.79. The van der Waals surface area contributed by atoms with Crippen molar-refractivity contribution in [3.05, 3.63) is 17.3 Å². The summed E-state index contributed by atoms with van der Waals surface area (Å²) >= 11 is 0. The molecule has 0 aromatic carbocycles. The number of hydrogen-bond donors (Lipinski definition) is 2. The molecule has 0 radical (unpaired) electrons. The highest BCUT2D eigenvalue weighted by atomic mass is 15.2. The fourth-order valence-electron chi connectivity index (χ4n) is 3.89. The van der Waals surface area contributed by atoms with Crippen LogP contribution >= 0.6 is 0 Å². The van der Waals surface area contributed by atoms with Gasteiger partial charge in [0.25, 0.3) is 0 Å². The van der Waals surface area contributed by atoms with Gasteiger partial charge in [-0.2, -0.15) is 9.97 Å². The van der Waals surface area contributed by atoms with Crippen molar-refractivity contribution in [1.29, 1.82) is 0 Å². The maximum absolute atomic E-state index is 4.69. The molecule has 1 aliphatic carbocycles. The number of aromatic nitrogens is 3. The molecule has 0 spiro atoms. The maximum Gasteiger partial charge on any atom is 0.226 e. The van der Waals surface area contributed by atoms with Crippen molar-refractivity contribution in [3.8, 4) is 0 Å². The first kappa shape index (κ1) is 15.6. The van der Waals surface area contributed by atoms with Gasteiger partial charge in [0.15, 0.2) is 5.65 Å². The number of nitrogens with one attached hydrogen (secondary N) is 2. The van der Waals surface area contributed by atoms with Gasteiger partial charge in [-0.05, 0) is 44.7 Å². The van der Waals surface area contributed by atoms with Crippen LogP contribution < -0.4 is 10.6 Å². The zero-order valence-electron chi connectivity index (χ0n) is 14.8. The molecular weight excluding hydrogens is 300 g/mol. The van der Waals surface area contributed by atoms with Crippen LogP contribution in [0.25, 0.3) is 11.0 Å². The summed E-state index contributed by atoms with van der Waals surface area (Å²) in [6.07, 6.45) is 5.28. The first-order valence-corrected chi connectivity index (χ1v) is 8.98. The molecule has 2 aliphatic rings. The van der Waals surface area contributed by atoms with Crippen LogP contribution in [-0.2, 0) is 0 Å². The van der Waals surface area contributed by atoms with E-state index in [-0.39, 0.29) is 0 Å². The summed E-state index contributed by atoms with van der Waals surface area (Å²) in [7, 11) is 1.90. The predicted molar refractivity (Wildman–Crippen MR) is 97.6 cm³/mol. The van der Waals surface area contributed by atoms with E-state index in [1.807, 2.05) is 14.0 Å². The SMILES string of the molecule is CNc1nc(NC2CCN(C3CCC3)C2)nc2nc(C)cc(C)c12. The Labute approximate surface area is 143 Å². The van der Waals surface area contributed by atoms with Gasteiger partial charge in [-0.1, -0.05) is 6.42 Å². The number of hydrogen-bond acceptors (Lipinski definition) is 6. The Balaban J connectivity index is 1.58. The van der Waals surface area contributed by atoms with Crippen molar-refractivity contribution in [2.24, 2.45) is 0 Å². The van der Waals surface area contributed by atoms with Crippen LogP contribution in [0.5, 0.6) is 0 Å². The Morgan fingerprint density at radius 2 is 1.96 bits per heavy atom. The standard InChI is InChI=1S/C18H26N6/c1-11-9-12(2)20-17-15(11)16(19-3)22-18(23-17)21-13-7-8-24(10-13)14-5-4-6-14/h9,13-14H,4-8,10H2,1-3H3,(H2,19,20,21,22,23). The van der Waals surface area contributed by atoms with Crippen LogP contribution in [0.15, 0.2) is 6.07 Å². The lowest BCUT2D eigenvalue weighted by Gasteiger charge is -2.34. The molecule has 1 saturated carbocycles. The van der Waals surface area contributed by atoms with Gasteiger partial charge in [0, 0.05) is 37.9 Å². The Hall–Kier alpha value is -1.95. The van der Waals surface area contributed by atoms with E-state index >= 15 is 0 Å². The molecule has 2 aromatic rings. The fourth-order valence-corrected chi connectivity index (χ4v) is 3.89. The van der Waals surface area contributed by atoms with Crippen molar-refractivity contribution in [3.63, 3.8) is 0 Å². The summed E-state index contributed by atoms with van der Waals surface area (Å²) in [5, 5.41) is 7.75. The average Bonchev–Trinajstić information content (AvgIpc) is 2.91. The van der Waals surface area contributed by atoms with E-state index in [2.05, 4.69) is 43.5 Å². The maximum atomic E-state index is 4.69. The Morgan fingerprint density at radius 3 is 2.67 bits per heavy atom. The minimum atomic E-state index is 0.429. The lowest BCUT2D eigenvalue weighted by atomic mass is 9.92. The van der Waals surface area contributed by atoms with E-state index < -0.39 is 0 Å². The van der Waals surface area contributed by atoms with E-state index in [0.717, 1.165) is 47.1 Å². The van der Waals surface area contributed by atoms with Crippen molar-refractivity contribution < 1.29 is 0 Å². The molecule has 4 rings (SSSR count). The molecule has 0 amide bonds. The van der Waals surface area contributed by atoms with E-state index in [1.165, 1.54) is 25.8 Å². The Kier molecular flexibility index (Phi) is 4.00. The monoisotopic (exact) mass is 326 g/mol. The second-order valence-corrected chi connectivity index (χ2v) is 7.13. The molecule has 2 fully saturated rings. The number of aryl methyl sites for hydroxylation is 2. The molecule has 3 heterocycles. The van der Waals surface area contributed by atoms with Gasteiger partial charge in [-0.3, -0.25) is 4.90 Å². The van der Waals surface area contributed by atoms with Crippen molar-refractivity contribution in [2.45, 2.75) is 51.6 Å². The lowest BCUT2D eigenvalue weighted by Crippen LogP contribution is -2.39. The van der Waals surface area contributed by atoms with Gasteiger partial charge in [0.2, 0.25) is 5.95 Å². The molecule has 1 atom stereocenters. The summed E-state index contributed by atoms with van der Waals surface area (Å²) in [5.41, 5.74) is 2.91. The third-order valence-corrected chi connectivity index (χ3v) is 5.37. The van der Waals surface area contributed by atoms with Crippen LogP contribution in [0.1, 0.15) is 36.9 Å². The summed E-state index contributed by atoms with van der Waals surface area (Å²) in [6.45, 7) is 6.38. The summed E-state index contributed by atoms with van der Waals surface area (Å²) in [6, 6.07) is 3.32. The first-order chi connectivity index (χ1) is 11.6. The summed E-state index contributed by atoms with van der Waals surface area (Å²) < 4.78 is 0. The average molecular weight is 326 g/mol. The number of likely N-dealkylation sites (tertiary alicyclic amines) is 1. The molecule has 2 aromatic heterocycles. The number of pyridine rings is 1. The largest absolute Gasteiger partial charge is 0.372 e. The molecular formula is C18H26N6. The highest BCUT2D eigenvalue weighted by molar-refractivity contribution is 5.90. The third-order valence-electron chi connectivity index (χ3n) is 5.37. The van der Waals surface area contributed by atoms with Crippen LogP contribution in [0.3, 0.4) is 0 Å². The zero-order valence-corrected chi connectivity index (χ0v) is 14.8. The Bertz CT molecular complexity index is 755. The Morgan fingerprint density at radius 1 is 1.12 bits per heavy atom. The van der Waals surface area contributed by atoms with Crippen LogP contribution in [-0.4, -0.2) is 52.1 Å². The second kappa shape index (κ2) is 6.16. The van der Waals surface area contributed by atoms with Gasteiger partial charge in [-0.15, -0.1) is 0 Å². The van der Waals surface area contributed by atoms with E-state index in [0.29, 0.717) is 12.0 Å².